The van der Waals surface area contributed by atoms with Crippen LogP contribution in [0.2, 0.25) is 0 Å². The van der Waals surface area contributed by atoms with E-state index >= 15 is 0 Å². The molecule has 0 radical (unpaired) electrons. The van der Waals surface area contributed by atoms with Gasteiger partial charge in [0, 0.05) is 11.4 Å². The molecule has 2 fully saturated rings. The van der Waals surface area contributed by atoms with Gasteiger partial charge >= 0.3 is 0 Å². The van der Waals surface area contributed by atoms with E-state index in [1.807, 2.05) is 0 Å². The topological polar surface area (TPSA) is 32.3 Å². The van der Waals surface area contributed by atoms with Gasteiger partial charge in [-0.1, -0.05) is 33.3 Å². The van der Waals surface area contributed by atoms with Crippen LogP contribution in [0, 0.1) is 11.3 Å². The van der Waals surface area contributed by atoms with Crippen molar-refractivity contribution in [2.45, 2.75) is 52.2 Å². The van der Waals surface area contributed by atoms with Crippen molar-refractivity contribution in [1.29, 1.82) is 0 Å². The van der Waals surface area contributed by atoms with Gasteiger partial charge in [0.25, 0.3) is 0 Å². The second-order valence-corrected chi connectivity index (χ2v) is 7.79. The summed E-state index contributed by atoms with van der Waals surface area (Å²) in [5.41, 5.74) is 0.420. The summed E-state index contributed by atoms with van der Waals surface area (Å²) in [6.07, 6.45) is 3.32. The molecule has 3 unspecified atom stereocenters. The summed E-state index contributed by atoms with van der Waals surface area (Å²) < 4.78 is 0. The fraction of sp³-hybridized carbons (Fsp3) is 0.688. The van der Waals surface area contributed by atoms with Crippen LogP contribution in [-0.4, -0.2) is 23.4 Å². The van der Waals surface area contributed by atoms with Crippen LogP contribution >= 0.6 is 11.3 Å². The standard InChI is InChI=1S/C16H24N2OS/c1-4-6-12-15(19)18(10-11-9-16(11,2)3)14(17-12)13-7-5-8-20-13/h5,7-8,11-12,14,17H,4,6,9-10H2,1-3H3. The molecular weight excluding hydrogens is 268 g/mol. The lowest BCUT2D eigenvalue weighted by Crippen LogP contribution is -2.33. The summed E-state index contributed by atoms with van der Waals surface area (Å²) in [4.78, 5) is 16.0. The SMILES string of the molecule is CCCC1NC(c2cccs2)N(CC2CC2(C)C)C1=O. The average molecular weight is 292 g/mol. The second-order valence-electron chi connectivity index (χ2n) is 6.81. The Labute approximate surface area is 125 Å². The molecule has 1 aromatic rings. The first kappa shape index (κ1) is 14.1. The largest absolute Gasteiger partial charge is 0.320 e. The Morgan fingerprint density at radius 3 is 2.80 bits per heavy atom. The summed E-state index contributed by atoms with van der Waals surface area (Å²) in [6.45, 7) is 7.65. The maximum absolute atomic E-state index is 12.6. The molecule has 1 saturated heterocycles. The Hall–Kier alpha value is -0.870. The van der Waals surface area contributed by atoms with Crippen molar-refractivity contribution in [3.8, 4) is 0 Å². The zero-order chi connectivity index (χ0) is 14.3. The zero-order valence-corrected chi connectivity index (χ0v) is 13.4. The van der Waals surface area contributed by atoms with E-state index in [0.29, 0.717) is 17.2 Å². The fourth-order valence-electron chi connectivity index (χ4n) is 3.18. The van der Waals surface area contributed by atoms with Crippen LogP contribution in [0.4, 0.5) is 0 Å². The molecule has 3 rings (SSSR count). The maximum atomic E-state index is 12.6. The first-order valence-electron chi connectivity index (χ1n) is 7.63. The summed E-state index contributed by atoms with van der Waals surface area (Å²) in [6, 6.07) is 4.21. The van der Waals surface area contributed by atoms with Crippen molar-refractivity contribution in [3.63, 3.8) is 0 Å². The molecule has 0 aromatic carbocycles. The molecule has 0 spiro atoms. The first-order valence-corrected chi connectivity index (χ1v) is 8.51. The third-order valence-electron chi connectivity index (χ3n) is 4.78. The molecule has 2 aliphatic rings. The van der Waals surface area contributed by atoms with E-state index in [1.165, 1.54) is 11.3 Å². The zero-order valence-electron chi connectivity index (χ0n) is 12.6. The Balaban J connectivity index is 1.77. The smallest absolute Gasteiger partial charge is 0.241 e. The molecule has 4 heteroatoms. The highest BCUT2D eigenvalue weighted by molar-refractivity contribution is 7.10. The summed E-state index contributed by atoms with van der Waals surface area (Å²) in [5.74, 6) is 0.962. The highest BCUT2D eigenvalue weighted by Gasteiger charge is 2.49. The minimum absolute atomic E-state index is 0.00830. The molecule has 0 bridgehead atoms. The first-order chi connectivity index (χ1) is 9.53. The van der Waals surface area contributed by atoms with Gasteiger partial charge in [-0.25, -0.2) is 0 Å². The van der Waals surface area contributed by atoms with Gasteiger partial charge < -0.3 is 4.90 Å². The number of carbonyl (C=O) groups is 1. The van der Waals surface area contributed by atoms with Crippen molar-refractivity contribution >= 4 is 17.2 Å². The highest BCUT2D eigenvalue weighted by atomic mass is 32.1. The quantitative estimate of drug-likeness (QED) is 0.902. The van der Waals surface area contributed by atoms with Crippen LogP contribution in [-0.2, 0) is 4.79 Å². The van der Waals surface area contributed by atoms with E-state index in [0.717, 1.165) is 19.4 Å². The van der Waals surface area contributed by atoms with Gasteiger partial charge in [-0.05, 0) is 35.6 Å². The fourth-order valence-corrected chi connectivity index (χ4v) is 3.97. The molecular formula is C16H24N2OS. The van der Waals surface area contributed by atoms with E-state index in [4.69, 9.17) is 0 Å². The monoisotopic (exact) mass is 292 g/mol. The minimum Gasteiger partial charge on any atom is -0.320 e. The van der Waals surface area contributed by atoms with Gasteiger partial charge in [0.2, 0.25) is 5.91 Å². The number of rotatable bonds is 5. The van der Waals surface area contributed by atoms with Gasteiger partial charge in [0.05, 0.1) is 6.04 Å². The van der Waals surface area contributed by atoms with Crippen LogP contribution in [0.15, 0.2) is 17.5 Å². The Morgan fingerprint density at radius 2 is 2.25 bits per heavy atom. The summed E-state index contributed by atoms with van der Waals surface area (Å²) in [7, 11) is 0. The molecule has 1 aliphatic heterocycles. The maximum Gasteiger partial charge on any atom is 0.241 e. The Bertz CT molecular complexity index is 483. The number of carbonyl (C=O) groups excluding carboxylic acids is 1. The lowest BCUT2D eigenvalue weighted by atomic mass is 10.1. The van der Waals surface area contributed by atoms with Crippen LogP contribution in [0.5, 0.6) is 0 Å². The molecule has 1 saturated carbocycles. The Morgan fingerprint density at radius 1 is 1.50 bits per heavy atom. The second kappa shape index (κ2) is 5.15. The van der Waals surface area contributed by atoms with Crippen molar-refractivity contribution < 1.29 is 4.79 Å². The molecule has 3 nitrogen and oxygen atoms in total. The lowest BCUT2D eigenvalue weighted by Gasteiger charge is -2.24. The lowest BCUT2D eigenvalue weighted by molar-refractivity contribution is -0.130. The Kier molecular flexibility index (Phi) is 3.63. The number of thiophene rings is 1. The number of hydrogen-bond acceptors (Lipinski definition) is 3. The predicted octanol–water partition coefficient (Wildman–Crippen LogP) is 3.39. The minimum atomic E-state index is 0.00830. The predicted molar refractivity (Wildman–Crippen MR) is 82.5 cm³/mol. The molecule has 1 aliphatic carbocycles. The number of nitrogens with zero attached hydrogens (tertiary/aromatic N) is 1. The molecule has 1 aromatic heterocycles. The third kappa shape index (κ3) is 2.51. The van der Waals surface area contributed by atoms with Crippen LogP contribution < -0.4 is 5.32 Å². The molecule has 1 N–H and O–H groups in total. The van der Waals surface area contributed by atoms with Crippen molar-refractivity contribution in [1.82, 2.24) is 10.2 Å². The van der Waals surface area contributed by atoms with Gasteiger partial charge in [-0.3, -0.25) is 10.1 Å². The molecule has 2 heterocycles. The average Bonchev–Trinajstić information content (AvgIpc) is 2.81. The summed E-state index contributed by atoms with van der Waals surface area (Å²) in [5, 5.41) is 5.63. The van der Waals surface area contributed by atoms with Crippen LogP contribution in [0.3, 0.4) is 0 Å². The molecule has 20 heavy (non-hydrogen) atoms. The van der Waals surface area contributed by atoms with Gasteiger partial charge in [0.1, 0.15) is 6.17 Å². The molecule has 3 atom stereocenters. The van der Waals surface area contributed by atoms with Crippen molar-refractivity contribution in [3.05, 3.63) is 22.4 Å². The van der Waals surface area contributed by atoms with Crippen molar-refractivity contribution in [2.24, 2.45) is 11.3 Å². The van der Waals surface area contributed by atoms with Crippen LogP contribution in [0.25, 0.3) is 0 Å². The van der Waals surface area contributed by atoms with E-state index in [1.54, 1.807) is 11.3 Å². The normalized spacial score (nSPS) is 31.9. The number of hydrogen-bond donors (Lipinski definition) is 1. The van der Waals surface area contributed by atoms with Crippen LogP contribution in [0.1, 0.15) is 51.1 Å². The highest BCUT2D eigenvalue weighted by Crippen LogP contribution is 2.52. The molecule has 1 amide bonds. The number of amides is 1. The van der Waals surface area contributed by atoms with E-state index in [2.05, 4.69) is 48.5 Å². The summed E-state index contributed by atoms with van der Waals surface area (Å²) >= 11 is 1.74. The van der Waals surface area contributed by atoms with Gasteiger partial charge in [-0.15, -0.1) is 11.3 Å². The van der Waals surface area contributed by atoms with E-state index in [-0.39, 0.29) is 12.2 Å². The van der Waals surface area contributed by atoms with Gasteiger partial charge in [-0.2, -0.15) is 0 Å². The van der Waals surface area contributed by atoms with Gasteiger partial charge in [0.15, 0.2) is 0 Å². The third-order valence-corrected chi connectivity index (χ3v) is 5.70. The van der Waals surface area contributed by atoms with Crippen molar-refractivity contribution in [2.75, 3.05) is 6.54 Å². The van der Waals surface area contributed by atoms with E-state index < -0.39 is 0 Å². The van der Waals surface area contributed by atoms with E-state index in [9.17, 15) is 4.79 Å². The number of nitrogens with one attached hydrogen (secondary N) is 1. The molecule has 110 valence electrons.